The molecule has 4 rings (SSSR count). The van der Waals surface area contributed by atoms with E-state index in [1.165, 1.54) is 28.9 Å². The number of nitrogens with zero attached hydrogens (tertiary/aromatic N) is 2. The molecule has 1 N–H and O–H groups in total. The Kier molecular flexibility index (Phi) is 2.90. The number of halogens is 1. The van der Waals surface area contributed by atoms with E-state index >= 15 is 0 Å². The molecule has 2 aromatic rings. The second-order valence-corrected chi connectivity index (χ2v) is 5.16. The van der Waals surface area contributed by atoms with Gasteiger partial charge in [-0.1, -0.05) is 0 Å². The van der Waals surface area contributed by atoms with E-state index in [2.05, 4.69) is 10.1 Å². The van der Waals surface area contributed by atoms with Gasteiger partial charge in [0.2, 0.25) is 0 Å². The summed E-state index contributed by atoms with van der Waals surface area (Å²) in [4.78, 5) is 15.7. The van der Waals surface area contributed by atoms with Gasteiger partial charge >= 0.3 is 0 Å². The predicted molar refractivity (Wildman–Crippen MR) is 84.8 cm³/mol. The Bertz CT molecular complexity index is 1030. The second-order valence-electron chi connectivity index (χ2n) is 5.16. The van der Waals surface area contributed by atoms with E-state index in [0.29, 0.717) is 22.7 Å². The average molecular weight is 309 g/mol. The molecule has 5 nitrogen and oxygen atoms in total. The molecule has 0 aromatic heterocycles. The Morgan fingerprint density at radius 2 is 1.96 bits per heavy atom. The van der Waals surface area contributed by atoms with Crippen LogP contribution in [0.2, 0.25) is 0 Å². The first kappa shape index (κ1) is 13.5. The summed E-state index contributed by atoms with van der Waals surface area (Å²) in [5, 5.41) is 5.21. The highest BCUT2D eigenvalue weighted by Gasteiger charge is 2.19. The van der Waals surface area contributed by atoms with Crippen LogP contribution in [0.25, 0.3) is 27.8 Å². The van der Waals surface area contributed by atoms with Crippen LogP contribution in [0.3, 0.4) is 0 Å². The normalized spacial score (nSPS) is 11.2. The van der Waals surface area contributed by atoms with Crippen molar-refractivity contribution in [3.63, 3.8) is 0 Å². The highest BCUT2D eigenvalue weighted by Crippen LogP contribution is 2.28. The number of nitrogens with one attached hydrogen (secondary N) is 1. The summed E-state index contributed by atoms with van der Waals surface area (Å²) in [6, 6.07) is 11.2. The van der Waals surface area contributed by atoms with E-state index in [1.807, 2.05) is 18.2 Å². The third-order valence-corrected chi connectivity index (χ3v) is 3.80. The van der Waals surface area contributed by atoms with E-state index in [9.17, 15) is 9.18 Å². The maximum absolute atomic E-state index is 13.1. The Balaban J connectivity index is 2.02. The van der Waals surface area contributed by atoms with Gasteiger partial charge in [0.05, 0.1) is 18.4 Å². The SMILES string of the molecule is COc1ccc2[nH]cc3c(=O)n(-c4ccc(F)cc4)nc-3c2c1. The van der Waals surface area contributed by atoms with Gasteiger partial charge in [-0.25, -0.2) is 4.39 Å². The van der Waals surface area contributed by atoms with Gasteiger partial charge in [-0.3, -0.25) is 4.79 Å². The van der Waals surface area contributed by atoms with Gasteiger partial charge in [0.25, 0.3) is 5.56 Å². The van der Waals surface area contributed by atoms with Crippen molar-refractivity contribution in [1.82, 2.24) is 14.8 Å². The first-order valence-electron chi connectivity index (χ1n) is 7.01. The number of aromatic nitrogens is 3. The molecule has 2 aliphatic heterocycles. The zero-order valence-corrected chi connectivity index (χ0v) is 12.2. The van der Waals surface area contributed by atoms with Crippen LogP contribution in [0.15, 0.2) is 53.5 Å². The molecule has 0 radical (unpaired) electrons. The number of benzene rings is 2. The zero-order chi connectivity index (χ0) is 16.0. The Morgan fingerprint density at radius 1 is 1.17 bits per heavy atom. The number of rotatable bonds is 2. The van der Waals surface area contributed by atoms with Crippen molar-refractivity contribution in [2.45, 2.75) is 0 Å². The number of methoxy groups -OCH3 is 1. The monoisotopic (exact) mass is 309 g/mol. The first-order valence-corrected chi connectivity index (χ1v) is 7.01. The molecular formula is C17H12FN3O2. The highest BCUT2D eigenvalue weighted by atomic mass is 19.1. The lowest BCUT2D eigenvalue weighted by molar-refractivity contribution is 0.415. The van der Waals surface area contributed by atoms with Crippen LogP contribution >= 0.6 is 0 Å². The van der Waals surface area contributed by atoms with Gasteiger partial charge in [0.15, 0.2) is 0 Å². The minimum Gasteiger partial charge on any atom is -0.497 e. The third kappa shape index (κ3) is 2.07. The minimum absolute atomic E-state index is 0.257. The summed E-state index contributed by atoms with van der Waals surface area (Å²) in [6.45, 7) is 0. The Hall–Kier alpha value is -3.15. The smallest absolute Gasteiger partial charge is 0.282 e. The molecule has 0 amide bonds. The lowest BCUT2D eigenvalue weighted by Gasteiger charge is -2.05. The average Bonchev–Trinajstić information content (AvgIpc) is 2.92. The molecule has 0 spiro atoms. The van der Waals surface area contributed by atoms with Crippen molar-refractivity contribution in [2.24, 2.45) is 0 Å². The number of ether oxygens (including phenoxy) is 1. The van der Waals surface area contributed by atoms with Crippen LogP contribution in [0.5, 0.6) is 5.75 Å². The molecular weight excluding hydrogens is 297 g/mol. The molecule has 0 fully saturated rings. The van der Waals surface area contributed by atoms with Gasteiger partial charge in [-0.05, 0) is 42.5 Å². The van der Waals surface area contributed by atoms with Gasteiger partial charge in [0.1, 0.15) is 17.3 Å². The molecule has 2 heterocycles. The number of hydrogen-bond donors (Lipinski definition) is 1. The number of H-pyrrole nitrogens is 1. The van der Waals surface area contributed by atoms with Crippen LogP contribution in [0.4, 0.5) is 4.39 Å². The molecule has 0 saturated carbocycles. The summed E-state index contributed by atoms with van der Waals surface area (Å²) in [6.07, 6.45) is 1.64. The molecule has 114 valence electrons. The van der Waals surface area contributed by atoms with E-state index < -0.39 is 0 Å². The van der Waals surface area contributed by atoms with Crippen LogP contribution < -0.4 is 10.3 Å². The molecule has 0 bridgehead atoms. The van der Waals surface area contributed by atoms with Crippen LogP contribution in [-0.2, 0) is 0 Å². The van der Waals surface area contributed by atoms with Crippen molar-refractivity contribution < 1.29 is 9.13 Å². The summed E-state index contributed by atoms with van der Waals surface area (Å²) in [7, 11) is 1.58. The van der Waals surface area contributed by atoms with Crippen molar-refractivity contribution in [1.29, 1.82) is 0 Å². The van der Waals surface area contributed by atoms with Crippen molar-refractivity contribution in [3.05, 3.63) is 64.8 Å². The van der Waals surface area contributed by atoms with Gasteiger partial charge < -0.3 is 9.72 Å². The van der Waals surface area contributed by atoms with Gasteiger partial charge in [-0.2, -0.15) is 9.78 Å². The summed E-state index contributed by atoms with van der Waals surface area (Å²) >= 11 is 0. The molecule has 0 aliphatic carbocycles. The highest BCUT2D eigenvalue weighted by molar-refractivity contribution is 5.94. The standard InChI is InChI=1S/C17H12FN3O2/c1-23-12-6-7-15-13(8-12)16-14(9-19-15)17(22)21(20-16)11-4-2-10(18)3-5-11/h2-9,19H,1H3. The number of hydrogen-bond acceptors (Lipinski definition) is 3. The van der Waals surface area contributed by atoms with E-state index in [0.717, 1.165) is 10.9 Å². The molecule has 0 unspecified atom stereocenters. The number of fused-ring (bicyclic) bond motifs is 3. The lowest BCUT2D eigenvalue weighted by Crippen LogP contribution is -2.14. The largest absolute Gasteiger partial charge is 0.497 e. The maximum atomic E-state index is 13.1. The molecule has 0 saturated heterocycles. The first-order chi connectivity index (χ1) is 11.2. The number of pyridine rings is 1. The third-order valence-electron chi connectivity index (χ3n) is 3.80. The fourth-order valence-electron chi connectivity index (χ4n) is 2.62. The zero-order valence-electron chi connectivity index (χ0n) is 12.2. The van der Waals surface area contributed by atoms with Crippen molar-refractivity contribution in [3.8, 4) is 22.7 Å². The molecule has 2 aliphatic rings. The van der Waals surface area contributed by atoms with E-state index in [-0.39, 0.29) is 11.4 Å². The predicted octanol–water partition coefficient (Wildman–Crippen LogP) is 2.97. The molecule has 23 heavy (non-hydrogen) atoms. The van der Waals surface area contributed by atoms with Gasteiger partial charge in [0, 0.05) is 17.1 Å². The van der Waals surface area contributed by atoms with E-state index in [4.69, 9.17) is 4.74 Å². The van der Waals surface area contributed by atoms with Crippen LogP contribution in [0.1, 0.15) is 0 Å². The van der Waals surface area contributed by atoms with Gasteiger partial charge in [-0.15, -0.1) is 0 Å². The Morgan fingerprint density at radius 3 is 2.70 bits per heavy atom. The minimum atomic E-state index is -0.360. The van der Waals surface area contributed by atoms with Crippen molar-refractivity contribution >= 4 is 10.9 Å². The number of aromatic amines is 1. The quantitative estimate of drug-likeness (QED) is 0.619. The molecule has 6 heteroatoms. The van der Waals surface area contributed by atoms with Crippen LogP contribution in [0, 0.1) is 5.82 Å². The molecule has 0 atom stereocenters. The fraction of sp³-hybridized carbons (Fsp3) is 0.0588. The topological polar surface area (TPSA) is 59.9 Å². The summed E-state index contributed by atoms with van der Waals surface area (Å²) < 4.78 is 19.6. The maximum Gasteiger partial charge on any atom is 0.282 e. The fourth-order valence-corrected chi connectivity index (χ4v) is 2.62. The molecule has 2 aromatic carbocycles. The second kappa shape index (κ2) is 4.95. The van der Waals surface area contributed by atoms with Crippen molar-refractivity contribution in [2.75, 3.05) is 7.11 Å². The summed E-state index contributed by atoms with van der Waals surface area (Å²) in [5.74, 6) is 0.323. The summed E-state index contributed by atoms with van der Waals surface area (Å²) in [5.41, 5.74) is 2.15. The van der Waals surface area contributed by atoms with E-state index in [1.54, 1.807) is 13.3 Å². The Labute approximate surface area is 130 Å². The van der Waals surface area contributed by atoms with Crippen LogP contribution in [-0.4, -0.2) is 21.9 Å². The lowest BCUT2D eigenvalue weighted by atomic mass is 10.1.